The van der Waals surface area contributed by atoms with Crippen molar-refractivity contribution in [1.29, 1.82) is 0 Å². The molecule has 0 heterocycles. The van der Waals surface area contributed by atoms with Crippen molar-refractivity contribution in [1.82, 2.24) is 0 Å². The molecule has 0 spiro atoms. The molecule has 0 saturated heterocycles. The molecule has 11 heavy (non-hydrogen) atoms. The molecule has 2 N–H and O–H groups in total. The van der Waals surface area contributed by atoms with Gasteiger partial charge in [0.15, 0.2) is 0 Å². The minimum atomic E-state index is 0.836. The summed E-state index contributed by atoms with van der Waals surface area (Å²) < 4.78 is 0. The number of rotatable bonds is 3. The van der Waals surface area contributed by atoms with E-state index in [-0.39, 0.29) is 0 Å². The summed E-state index contributed by atoms with van der Waals surface area (Å²) in [4.78, 5) is 4.30. The smallest absolute Gasteiger partial charge is 0.0366 e. The molecule has 0 aliphatic heterocycles. The maximum absolute atomic E-state index is 5.68. The van der Waals surface area contributed by atoms with E-state index in [0.29, 0.717) is 0 Å². The Labute approximate surface area is 69.2 Å². The summed E-state index contributed by atoms with van der Waals surface area (Å²) in [5, 5.41) is 0. The monoisotopic (exact) mass is 154 g/mol. The van der Waals surface area contributed by atoms with Crippen LogP contribution in [0.15, 0.2) is 16.3 Å². The largest absolute Gasteiger partial charge is 0.402 e. The average Bonchev–Trinajstić information content (AvgIpc) is 1.88. The molecule has 0 aliphatic rings. The Hall–Kier alpha value is -0.790. The number of hydrogen-bond donors (Lipinski definition) is 1. The van der Waals surface area contributed by atoms with E-state index < -0.39 is 0 Å². The molecule has 0 radical (unpaired) electrons. The third-order valence-corrected chi connectivity index (χ3v) is 1.66. The summed E-state index contributed by atoms with van der Waals surface area (Å²) in [5.41, 5.74) is 8.83. The molecule has 0 aromatic rings. The molecular formula is C9H18N2. The molecular weight excluding hydrogens is 136 g/mol. The summed E-state index contributed by atoms with van der Waals surface area (Å²) >= 11 is 0. The van der Waals surface area contributed by atoms with Gasteiger partial charge < -0.3 is 5.73 Å². The van der Waals surface area contributed by atoms with Crippen LogP contribution in [0.1, 0.15) is 34.1 Å². The number of hydrogen-bond acceptors (Lipinski definition) is 2. The van der Waals surface area contributed by atoms with Gasteiger partial charge in [-0.2, -0.15) is 0 Å². The first-order chi connectivity index (χ1) is 5.13. The number of nitrogens with two attached hydrogens (primary N) is 1. The van der Waals surface area contributed by atoms with Gasteiger partial charge in [0.2, 0.25) is 0 Å². The minimum absolute atomic E-state index is 0.836. The lowest BCUT2D eigenvalue weighted by atomic mass is 10.1. The zero-order valence-corrected chi connectivity index (χ0v) is 7.94. The van der Waals surface area contributed by atoms with Crippen LogP contribution in [-0.4, -0.2) is 12.3 Å². The summed E-state index contributed by atoms with van der Waals surface area (Å²) in [6.07, 6.45) is 0.970. The summed E-state index contributed by atoms with van der Waals surface area (Å²) in [6, 6.07) is 0. The first-order valence-electron chi connectivity index (χ1n) is 4.10. The molecule has 0 rings (SSSR count). The molecule has 0 bridgehead atoms. The second-order valence-electron chi connectivity index (χ2n) is 2.57. The van der Waals surface area contributed by atoms with Crippen molar-refractivity contribution in [3.8, 4) is 0 Å². The fraction of sp³-hybridized carbons (Fsp3) is 0.667. The molecule has 2 heteroatoms. The first kappa shape index (κ1) is 10.2. The van der Waals surface area contributed by atoms with Crippen LogP contribution in [0.2, 0.25) is 0 Å². The Kier molecular flexibility index (Phi) is 4.59. The van der Waals surface area contributed by atoms with Gasteiger partial charge >= 0.3 is 0 Å². The van der Waals surface area contributed by atoms with Crippen LogP contribution in [0.25, 0.3) is 0 Å². The molecule has 0 atom stereocenters. The third-order valence-electron chi connectivity index (χ3n) is 1.66. The highest BCUT2D eigenvalue weighted by molar-refractivity contribution is 5.98. The van der Waals surface area contributed by atoms with Gasteiger partial charge in [-0.05, 0) is 32.8 Å². The van der Waals surface area contributed by atoms with Crippen molar-refractivity contribution < 1.29 is 0 Å². The van der Waals surface area contributed by atoms with E-state index in [2.05, 4.69) is 11.9 Å². The lowest BCUT2D eigenvalue weighted by molar-refractivity contribution is 1.07. The van der Waals surface area contributed by atoms with Crippen molar-refractivity contribution in [2.75, 3.05) is 6.54 Å². The lowest BCUT2D eigenvalue weighted by Gasteiger charge is -2.05. The van der Waals surface area contributed by atoms with Crippen molar-refractivity contribution in [2.45, 2.75) is 34.1 Å². The normalized spacial score (nSPS) is 14.7. The Bertz CT molecular complexity index is 174. The van der Waals surface area contributed by atoms with E-state index in [0.717, 1.165) is 24.4 Å². The molecule has 0 unspecified atom stereocenters. The zero-order chi connectivity index (χ0) is 8.85. The highest BCUT2D eigenvalue weighted by Crippen LogP contribution is 2.06. The van der Waals surface area contributed by atoms with Gasteiger partial charge in [0.05, 0.1) is 0 Å². The van der Waals surface area contributed by atoms with Gasteiger partial charge in [-0.15, -0.1) is 0 Å². The van der Waals surface area contributed by atoms with Gasteiger partial charge in [0.25, 0.3) is 0 Å². The van der Waals surface area contributed by atoms with Crippen LogP contribution in [0.3, 0.4) is 0 Å². The molecule has 0 aromatic carbocycles. The SMILES string of the molecule is CCN=C(C)/C(CC)=C(/C)N. The second kappa shape index (κ2) is 4.94. The number of aliphatic imine (C=N–C) groups is 1. The van der Waals surface area contributed by atoms with E-state index in [4.69, 9.17) is 5.73 Å². The summed E-state index contributed by atoms with van der Waals surface area (Å²) in [7, 11) is 0. The van der Waals surface area contributed by atoms with E-state index in [9.17, 15) is 0 Å². The fourth-order valence-corrected chi connectivity index (χ4v) is 1.15. The van der Waals surface area contributed by atoms with Gasteiger partial charge in [0, 0.05) is 18.0 Å². The standard InChI is InChI=1S/C9H18N2/c1-5-9(7(3)10)8(4)11-6-2/h5-6,10H2,1-4H3/b9-7-,11-8?. The van der Waals surface area contributed by atoms with E-state index >= 15 is 0 Å². The number of nitrogens with zero attached hydrogens (tertiary/aromatic N) is 1. The van der Waals surface area contributed by atoms with Crippen LogP contribution in [0, 0.1) is 0 Å². The first-order valence-corrected chi connectivity index (χ1v) is 4.10. The van der Waals surface area contributed by atoms with E-state index in [1.54, 1.807) is 0 Å². The average molecular weight is 154 g/mol. The predicted octanol–water partition coefficient (Wildman–Crippen LogP) is 2.11. The minimum Gasteiger partial charge on any atom is -0.402 e. The quantitative estimate of drug-likeness (QED) is 0.621. The van der Waals surface area contributed by atoms with E-state index in [1.807, 2.05) is 20.8 Å². The van der Waals surface area contributed by atoms with Gasteiger partial charge in [0.1, 0.15) is 0 Å². The molecule has 2 nitrogen and oxygen atoms in total. The van der Waals surface area contributed by atoms with Gasteiger partial charge in [-0.25, -0.2) is 0 Å². The highest BCUT2D eigenvalue weighted by Gasteiger charge is 1.99. The summed E-state index contributed by atoms with van der Waals surface area (Å²) in [6.45, 7) is 8.90. The molecule has 0 saturated carbocycles. The summed E-state index contributed by atoms with van der Waals surface area (Å²) in [5.74, 6) is 0. The Balaban J connectivity index is 4.53. The lowest BCUT2D eigenvalue weighted by Crippen LogP contribution is -2.05. The van der Waals surface area contributed by atoms with Crippen LogP contribution < -0.4 is 5.73 Å². The van der Waals surface area contributed by atoms with Crippen molar-refractivity contribution in [3.63, 3.8) is 0 Å². The van der Waals surface area contributed by atoms with Gasteiger partial charge in [-0.1, -0.05) is 6.92 Å². The third kappa shape index (κ3) is 3.21. The maximum atomic E-state index is 5.68. The highest BCUT2D eigenvalue weighted by atomic mass is 14.7. The Morgan fingerprint density at radius 3 is 2.09 bits per heavy atom. The molecule has 0 fully saturated rings. The fourth-order valence-electron chi connectivity index (χ4n) is 1.15. The Morgan fingerprint density at radius 1 is 1.27 bits per heavy atom. The van der Waals surface area contributed by atoms with Crippen LogP contribution in [-0.2, 0) is 0 Å². The van der Waals surface area contributed by atoms with E-state index in [1.165, 1.54) is 5.57 Å². The van der Waals surface area contributed by atoms with Crippen LogP contribution in [0.4, 0.5) is 0 Å². The molecule has 64 valence electrons. The maximum Gasteiger partial charge on any atom is 0.0366 e. The zero-order valence-electron chi connectivity index (χ0n) is 7.94. The van der Waals surface area contributed by atoms with Crippen LogP contribution in [0.5, 0.6) is 0 Å². The topological polar surface area (TPSA) is 38.4 Å². The molecule has 0 aromatic heterocycles. The van der Waals surface area contributed by atoms with Crippen molar-refractivity contribution in [2.24, 2.45) is 10.7 Å². The second-order valence-corrected chi connectivity index (χ2v) is 2.57. The van der Waals surface area contributed by atoms with Gasteiger partial charge in [-0.3, -0.25) is 4.99 Å². The molecule has 0 amide bonds. The van der Waals surface area contributed by atoms with Crippen molar-refractivity contribution in [3.05, 3.63) is 11.3 Å². The van der Waals surface area contributed by atoms with Crippen LogP contribution >= 0.6 is 0 Å². The van der Waals surface area contributed by atoms with Crippen molar-refractivity contribution >= 4 is 5.71 Å². The Morgan fingerprint density at radius 2 is 1.82 bits per heavy atom. The number of allylic oxidation sites excluding steroid dienone is 2. The predicted molar refractivity (Wildman–Crippen MR) is 50.8 cm³/mol. The molecule has 0 aliphatic carbocycles.